The summed E-state index contributed by atoms with van der Waals surface area (Å²) in [6.45, 7) is -0.234. The average molecular weight is 343 g/mol. The molecule has 4 amide bonds. The molecule has 2 N–H and O–H groups in total. The van der Waals surface area contributed by atoms with E-state index in [-0.39, 0.29) is 24.7 Å². The van der Waals surface area contributed by atoms with Crippen molar-refractivity contribution in [1.29, 1.82) is 0 Å². The molecule has 0 atom stereocenters. The van der Waals surface area contributed by atoms with E-state index in [1.54, 1.807) is 0 Å². The second-order valence-electron chi connectivity index (χ2n) is 4.41. The number of hydrogen-bond donors (Lipinski definition) is 2. The van der Waals surface area contributed by atoms with Gasteiger partial charge in [-0.05, 0) is 12.1 Å². The molecular formula is C13H11F2N3O4S. The normalized spacial score (nSPS) is 14.1. The van der Waals surface area contributed by atoms with Gasteiger partial charge in [0.15, 0.2) is 0 Å². The van der Waals surface area contributed by atoms with E-state index in [1.807, 2.05) is 5.32 Å². The SMILES string of the molecule is O=C(NCCN1C(=O)CSC1=O)C(=O)Nc1c(F)cccc1F. The zero-order valence-corrected chi connectivity index (χ0v) is 12.4. The monoisotopic (exact) mass is 343 g/mol. The Kier molecular flexibility index (Phi) is 5.27. The van der Waals surface area contributed by atoms with E-state index in [2.05, 4.69) is 5.32 Å². The molecule has 0 aromatic heterocycles. The Hall–Kier alpha value is -2.49. The van der Waals surface area contributed by atoms with Crippen LogP contribution < -0.4 is 10.6 Å². The fraction of sp³-hybridized carbons (Fsp3) is 0.231. The Morgan fingerprint density at radius 3 is 2.39 bits per heavy atom. The van der Waals surface area contributed by atoms with Crippen LogP contribution in [0.25, 0.3) is 0 Å². The van der Waals surface area contributed by atoms with Gasteiger partial charge in [0, 0.05) is 13.1 Å². The lowest BCUT2D eigenvalue weighted by atomic mass is 10.3. The van der Waals surface area contributed by atoms with Gasteiger partial charge in [-0.2, -0.15) is 0 Å². The number of hydrogen-bond acceptors (Lipinski definition) is 5. The molecule has 0 saturated carbocycles. The summed E-state index contributed by atoms with van der Waals surface area (Å²) in [5, 5.41) is 3.55. The molecule has 1 heterocycles. The van der Waals surface area contributed by atoms with Gasteiger partial charge in [-0.1, -0.05) is 17.8 Å². The smallest absolute Gasteiger partial charge is 0.313 e. The number of nitrogens with one attached hydrogen (secondary N) is 2. The number of benzene rings is 1. The van der Waals surface area contributed by atoms with Gasteiger partial charge in [0.1, 0.15) is 17.3 Å². The maximum atomic E-state index is 13.3. The van der Waals surface area contributed by atoms with Crippen LogP contribution in [0.3, 0.4) is 0 Å². The molecule has 0 spiro atoms. The summed E-state index contributed by atoms with van der Waals surface area (Å²) in [5.74, 6) is -4.78. The molecule has 7 nitrogen and oxygen atoms in total. The Bertz CT molecular complexity index is 647. The summed E-state index contributed by atoms with van der Waals surface area (Å²) >= 11 is 0.846. The van der Waals surface area contributed by atoms with Gasteiger partial charge >= 0.3 is 11.8 Å². The second kappa shape index (κ2) is 7.18. The van der Waals surface area contributed by atoms with Crippen LogP contribution in [0.15, 0.2) is 18.2 Å². The van der Waals surface area contributed by atoms with Crippen LogP contribution >= 0.6 is 11.8 Å². The standard InChI is InChI=1S/C13H11F2N3O4S/c14-7-2-1-3-8(15)10(7)17-12(21)11(20)16-4-5-18-9(19)6-23-13(18)22/h1-3H,4-6H2,(H,16,20)(H,17,21). The topological polar surface area (TPSA) is 95.6 Å². The van der Waals surface area contributed by atoms with Crippen molar-refractivity contribution in [3.05, 3.63) is 29.8 Å². The zero-order chi connectivity index (χ0) is 17.0. The number of amides is 4. The minimum absolute atomic E-state index is 0.0415. The average Bonchev–Trinajstić information content (AvgIpc) is 2.82. The minimum Gasteiger partial charge on any atom is -0.346 e. The van der Waals surface area contributed by atoms with Crippen LogP contribution in [0, 0.1) is 11.6 Å². The van der Waals surface area contributed by atoms with E-state index in [0.29, 0.717) is 0 Å². The number of halogens is 2. The summed E-state index contributed by atoms with van der Waals surface area (Å²) in [6.07, 6.45) is 0. The molecule has 10 heteroatoms. The van der Waals surface area contributed by atoms with Gasteiger partial charge in [-0.3, -0.25) is 24.1 Å². The summed E-state index contributed by atoms with van der Waals surface area (Å²) < 4.78 is 26.7. The number of nitrogens with zero attached hydrogens (tertiary/aromatic N) is 1. The highest BCUT2D eigenvalue weighted by Gasteiger charge is 2.29. The van der Waals surface area contributed by atoms with Gasteiger partial charge < -0.3 is 10.6 Å². The van der Waals surface area contributed by atoms with E-state index < -0.39 is 34.4 Å². The van der Waals surface area contributed by atoms with Crippen molar-refractivity contribution in [2.45, 2.75) is 0 Å². The van der Waals surface area contributed by atoms with Gasteiger partial charge in [-0.15, -0.1) is 0 Å². The number of carbonyl (C=O) groups is 4. The molecule has 0 bridgehead atoms. The maximum Gasteiger partial charge on any atom is 0.313 e. The van der Waals surface area contributed by atoms with Crippen molar-refractivity contribution in [3.63, 3.8) is 0 Å². The first-order valence-electron chi connectivity index (χ1n) is 6.40. The number of para-hydroxylation sites is 1. The lowest BCUT2D eigenvalue weighted by Crippen LogP contribution is -2.41. The molecule has 1 aromatic rings. The molecular weight excluding hydrogens is 332 g/mol. The number of imide groups is 1. The Morgan fingerprint density at radius 2 is 1.83 bits per heavy atom. The summed E-state index contributed by atoms with van der Waals surface area (Å²) in [6, 6.07) is 2.97. The highest BCUT2D eigenvalue weighted by molar-refractivity contribution is 8.14. The van der Waals surface area contributed by atoms with Crippen molar-refractivity contribution in [2.24, 2.45) is 0 Å². The van der Waals surface area contributed by atoms with Crippen LogP contribution in [0.5, 0.6) is 0 Å². The summed E-state index contributed by atoms with van der Waals surface area (Å²) in [4.78, 5) is 46.7. The highest BCUT2D eigenvalue weighted by Crippen LogP contribution is 2.18. The minimum atomic E-state index is -1.26. The first kappa shape index (κ1) is 16.9. The highest BCUT2D eigenvalue weighted by atomic mass is 32.2. The summed E-state index contributed by atoms with van der Waals surface area (Å²) in [5.41, 5.74) is -0.728. The predicted molar refractivity (Wildman–Crippen MR) is 77.6 cm³/mol. The molecule has 0 aliphatic carbocycles. The van der Waals surface area contributed by atoms with E-state index in [0.717, 1.165) is 34.9 Å². The zero-order valence-electron chi connectivity index (χ0n) is 11.6. The Morgan fingerprint density at radius 1 is 1.17 bits per heavy atom. The van der Waals surface area contributed by atoms with E-state index in [9.17, 15) is 28.0 Å². The predicted octanol–water partition coefficient (Wildman–Crippen LogP) is 0.715. The molecule has 1 saturated heterocycles. The quantitative estimate of drug-likeness (QED) is 0.785. The van der Waals surface area contributed by atoms with Crippen LogP contribution in [-0.4, -0.2) is 46.7 Å². The van der Waals surface area contributed by atoms with Gasteiger partial charge in [-0.25, -0.2) is 8.78 Å². The number of thioether (sulfide) groups is 1. The molecule has 1 fully saturated rings. The molecule has 0 unspecified atom stereocenters. The number of anilines is 1. The van der Waals surface area contributed by atoms with E-state index >= 15 is 0 Å². The second-order valence-corrected chi connectivity index (χ2v) is 5.33. The Balaban J connectivity index is 1.85. The third-order valence-corrected chi connectivity index (χ3v) is 3.73. The van der Waals surface area contributed by atoms with Gasteiger partial charge in [0.2, 0.25) is 5.91 Å². The van der Waals surface area contributed by atoms with Crippen LogP contribution in [-0.2, 0) is 14.4 Å². The van der Waals surface area contributed by atoms with Crippen molar-refractivity contribution in [2.75, 3.05) is 24.2 Å². The van der Waals surface area contributed by atoms with E-state index in [1.165, 1.54) is 0 Å². The molecule has 1 aromatic carbocycles. The molecule has 122 valence electrons. The number of rotatable bonds is 4. The largest absolute Gasteiger partial charge is 0.346 e. The fourth-order valence-electron chi connectivity index (χ4n) is 1.75. The number of carbonyl (C=O) groups excluding carboxylic acids is 4. The lowest BCUT2D eigenvalue weighted by Gasteiger charge is -2.13. The van der Waals surface area contributed by atoms with Gasteiger partial charge in [0.05, 0.1) is 5.75 Å². The van der Waals surface area contributed by atoms with Crippen molar-refractivity contribution in [1.82, 2.24) is 10.2 Å². The summed E-state index contributed by atoms with van der Waals surface area (Å²) in [7, 11) is 0. The fourth-order valence-corrected chi connectivity index (χ4v) is 2.50. The third kappa shape index (κ3) is 4.03. The lowest BCUT2D eigenvalue weighted by molar-refractivity contribution is -0.136. The van der Waals surface area contributed by atoms with Crippen molar-refractivity contribution in [3.8, 4) is 0 Å². The molecule has 2 rings (SSSR count). The van der Waals surface area contributed by atoms with Crippen LogP contribution in [0.1, 0.15) is 0 Å². The maximum absolute atomic E-state index is 13.3. The molecule has 1 aliphatic heterocycles. The molecule has 0 radical (unpaired) electrons. The molecule has 1 aliphatic rings. The van der Waals surface area contributed by atoms with Crippen molar-refractivity contribution >= 4 is 40.4 Å². The molecule has 23 heavy (non-hydrogen) atoms. The van der Waals surface area contributed by atoms with Crippen LogP contribution in [0.4, 0.5) is 19.3 Å². The van der Waals surface area contributed by atoms with Crippen LogP contribution in [0.2, 0.25) is 0 Å². The third-order valence-electron chi connectivity index (χ3n) is 2.87. The Labute approximate surface area is 133 Å². The van der Waals surface area contributed by atoms with E-state index in [4.69, 9.17) is 0 Å². The van der Waals surface area contributed by atoms with Gasteiger partial charge in [0.25, 0.3) is 5.24 Å². The first-order chi connectivity index (χ1) is 10.9. The van der Waals surface area contributed by atoms with Crippen molar-refractivity contribution < 1.29 is 28.0 Å². The first-order valence-corrected chi connectivity index (χ1v) is 7.39.